The number of carbonyl (C=O) groups is 1. The summed E-state index contributed by atoms with van der Waals surface area (Å²) in [5, 5.41) is 0. The molecule has 0 bridgehead atoms. The van der Waals surface area contributed by atoms with Crippen molar-refractivity contribution < 1.29 is 9.53 Å². The van der Waals surface area contributed by atoms with E-state index in [4.69, 9.17) is 5.73 Å². The second kappa shape index (κ2) is 5.32. The molecule has 1 fully saturated rings. The van der Waals surface area contributed by atoms with Crippen molar-refractivity contribution in [2.24, 2.45) is 11.7 Å². The van der Waals surface area contributed by atoms with Crippen LogP contribution in [0.15, 0.2) is 0 Å². The lowest BCUT2D eigenvalue weighted by Crippen LogP contribution is -2.47. The van der Waals surface area contributed by atoms with Gasteiger partial charge in [0.05, 0.1) is 13.5 Å². The summed E-state index contributed by atoms with van der Waals surface area (Å²) in [6.45, 7) is 4.90. The fourth-order valence-electron chi connectivity index (χ4n) is 1.72. The van der Waals surface area contributed by atoms with Gasteiger partial charge in [0.2, 0.25) is 0 Å². The van der Waals surface area contributed by atoms with Crippen molar-refractivity contribution in [3.05, 3.63) is 0 Å². The van der Waals surface area contributed by atoms with Gasteiger partial charge in [-0.1, -0.05) is 6.92 Å². The molecule has 1 aliphatic heterocycles. The highest BCUT2D eigenvalue weighted by Crippen LogP contribution is 2.15. The van der Waals surface area contributed by atoms with E-state index in [0.717, 1.165) is 26.1 Å². The highest BCUT2D eigenvalue weighted by molar-refractivity contribution is 5.69. The van der Waals surface area contributed by atoms with Crippen LogP contribution >= 0.6 is 0 Å². The minimum Gasteiger partial charge on any atom is -0.469 e. The lowest BCUT2D eigenvalue weighted by Gasteiger charge is -2.34. The molecular formula is C10H20N2O2. The Morgan fingerprint density at radius 3 is 2.93 bits per heavy atom. The Labute approximate surface area is 85.4 Å². The number of nitrogens with two attached hydrogens (primary N) is 1. The Morgan fingerprint density at radius 1 is 1.64 bits per heavy atom. The molecule has 1 rings (SSSR count). The van der Waals surface area contributed by atoms with Crippen LogP contribution in [0.1, 0.15) is 19.8 Å². The maximum atomic E-state index is 10.9. The summed E-state index contributed by atoms with van der Waals surface area (Å²) in [4.78, 5) is 13.2. The molecule has 0 saturated carbocycles. The van der Waals surface area contributed by atoms with Gasteiger partial charge in [-0.25, -0.2) is 0 Å². The summed E-state index contributed by atoms with van der Waals surface area (Å²) in [7, 11) is 1.42. The molecule has 2 N–H and O–H groups in total. The fraction of sp³-hybridized carbons (Fsp3) is 0.900. The predicted octanol–water partition coefficient (Wildman–Crippen LogP) is 0.219. The molecule has 4 heteroatoms. The molecule has 1 aliphatic rings. The van der Waals surface area contributed by atoms with Crippen LogP contribution in [0, 0.1) is 5.92 Å². The third-order valence-electron chi connectivity index (χ3n) is 2.96. The number of nitrogens with zero attached hydrogens (tertiary/aromatic N) is 1. The molecule has 82 valence electrons. The van der Waals surface area contributed by atoms with E-state index in [1.165, 1.54) is 7.11 Å². The number of carbonyl (C=O) groups excluding carboxylic acids is 1. The molecule has 0 aromatic carbocycles. The van der Waals surface area contributed by atoms with E-state index in [-0.39, 0.29) is 12.0 Å². The Bertz CT molecular complexity index is 197. The summed E-state index contributed by atoms with van der Waals surface area (Å²) >= 11 is 0. The largest absolute Gasteiger partial charge is 0.469 e. The molecule has 0 radical (unpaired) electrons. The van der Waals surface area contributed by atoms with E-state index >= 15 is 0 Å². The van der Waals surface area contributed by atoms with Crippen molar-refractivity contribution in [1.82, 2.24) is 4.90 Å². The Kier molecular flexibility index (Phi) is 4.35. The quantitative estimate of drug-likeness (QED) is 0.662. The third kappa shape index (κ3) is 3.27. The summed E-state index contributed by atoms with van der Waals surface area (Å²) in [6.07, 6.45) is 1.60. The monoisotopic (exact) mass is 200 g/mol. The molecule has 2 atom stereocenters. The molecule has 2 unspecified atom stereocenters. The van der Waals surface area contributed by atoms with Gasteiger partial charge in [0.25, 0.3) is 0 Å². The highest BCUT2D eigenvalue weighted by atomic mass is 16.5. The first-order valence-electron chi connectivity index (χ1n) is 5.18. The standard InChI is InChI=1S/C10H20N2O2/c1-8-3-5-12(7-9(8)11)6-4-10(13)14-2/h8-9H,3-7,11H2,1-2H3. The summed E-state index contributed by atoms with van der Waals surface area (Å²) in [5.74, 6) is 0.460. The topological polar surface area (TPSA) is 55.6 Å². The zero-order valence-corrected chi connectivity index (χ0v) is 9.03. The molecule has 0 aromatic rings. The number of methoxy groups -OCH3 is 1. The summed E-state index contributed by atoms with van der Waals surface area (Å²) in [6, 6.07) is 0.251. The second-order valence-electron chi connectivity index (χ2n) is 4.06. The van der Waals surface area contributed by atoms with Gasteiger partial charge in [0, 0.05) is 19.1 Å². The van der Waals surface area contributed by atoms with Crippen molar-refractivity contribution in [3.8, 4) is 0 Å². The molecule has 14 heavy (non-hydrogen) atoms. The minimum atomic E-state index is -0.141. The molecule has 0 spiro atoms. The number of rotatable bonds is 3. The van der Waals surface area contributed by atoms with Gasteiger partial charge in [0.15, 0.2) is 0 Å². The third-order valence-corrected chi connectivity index (χ3v) is 2.96. The maximum absolute atomic E-state index is 10.9. The van der Waals surface area contributed by atoms with Crippen LogP contribution in [-0.4, -0.2) is 43.7 Å². The van der Waals surface area contributed by atoms with Gasteiger partial charge in [-0.3, -0.25) is 4.79 Å². The van der Waals surface area contributed by atoms with Crippen LogP contribution in [0.2, 0.25) is 0 Å². The average Bonchev–Trinajstić information content (AvgIpc) is 2.19. The molecule has 0 aliphatic carbocycles. The van der Waals surface area contributed by atoms with Gasteiger partial charge in [-0.2, -0.15) is 0 Å². The van der Waals surface area contributed by atoms with E-state index in [9.17, 15) is 4.79 Å². The van der Waals surface area contributed by atoms with E-state index < -0.39 is 0 Å². The number of likely N-dealkylation sites (tertiary alicyclic amines) is 1. The average molecular weight is 200 g/mol. The lowest BCUT2D eigenvalue weighted by atomic mass is 9.94. The van der Waals surface area contributed by atoms with Crippen LogP contribution in [-0.2, 0) is 9.53 Å². The highest BCUT2D eigenvalue weighted by Gasteiger charge is 2.22. The number of hydrogen-bond donors (Lipinski definition) is 1. The molecule has 1 saturated heterocycles. The Balaban J connectivity index is 2.23. The predicted molar refractivity (Wildman–Crippen MR) is 54.8 cm³/mol. The van der Waals surface area contributed by atoms with Crippen LogP contribution in [0.3, 0.4) is 0 Å². The van der Waals surface area contributed by atoms with Crippen LogP contribution in [0.4, 0.5) is 0 Å². The van der Waals surface area contributed by atoms with Gasteiger partial charge in [0.1, 0.15) is 0 Å². The van der Waals surface area contributed by atoms with Crippen LogP contribution < -0.4 is 5.73 Å². The van der Waals surface area contributed by atoms with Gasteiger partial charge in [-0.15, -0.1) is 0 Å². The molecule has 0 amide bonds. The molecule has 1 heterocycles. The molecule has 0 aromatic heterocycles. The van der Waals surface area contributed by atoms with Crippen LogP contribution in [0.5, 0.6) is 0 Å². The minimum absolute atomic E-state index is 0.141. The van der Waals surface area contributed by atoms with Gasteiger partial charge in [-0.05, 0) is 18.9 Å². The number of esters is 1. The van der Waals surface area contributed by atoms with Crippen molar-refractivity contribution in [2.75, 3.05) is 26.7 Å². The van der Waals surface area contributed by atoms with E-state index in [1.54, 1.807) is 0 Å². The number of hydrogen-bond acceptors (Lipinski definition) is 4. The molecule has 4 nitrogen and oxygen atoms in total. The first kappa shape index (κ1) is 11.5. The van der Waals surface area contributed by atoms with Crippen molar-refractivity contribution in [3.63, 3.8) is 0 Å². The van der Waals surface area contributed by atoms with E-state index in [0.29, 0.717) is 12.3 Å². The SMILES string of the molecule is COC(=O)CCN1CCC(C)C(N)C1. The normalized spacial score (nSPS) is 28.8. The first-order chi connectivity index (χ1) is 6.63. The fourth-order valence-corrected chi connectivity index (χ4v) is 1.72. The van der Waals surface area contributed by atoms with Crippen molar-refractivity contribution >= 4 is 5.97 Å². The Hall–Kier alpha value is -0.610. The van der Waals surface area contributed by atoms with Gasteiger partial charge >= 0.3 is 5.97 Å². The van der Waals surface area contributed by atoms with Crippen molar-refractivity contribution in [1.29, 1.82) is 0 Å². The zero-order valence-electron chi connectivity index (χ0n) is 9.03. The van der Waals surface area contributed by atoms with Crippen LogP contribution in [0.25, 0.3) is 0 Å². The first-order valence-corrected chi connectivity index (χ1v) is 5.18. The lowest BCUT2D eigenvalue weighted by molar-refractivity contribution is -0.141. The van der Waals surface area contributed by atoms with E-state index in [1.807, 2.05) is 0 Å². The summed E-state index contributed by atoms with van der Waals surface area (Å²) in [5.41, 5.74) is 5.95. The van der Waals surface area contributed by atoms with Gasteiger partial charge < -0.3 is 15.4 Å². The zero-order chi connectivity index (χ0) is 10.6. The van der Waals surface area contributed by atoms with E-state index in [2.05, 4.69) is 16.6 Å². The smallest absolute Gasteiger partial charge is 0.306 e. The summed E-state index contributed by atoms with van der Waals surface area (Å²) < 4.78 is 4.59. The van der Waals surface area contributed by atoms with Crippen molar-refractivity contribution in [2.45, 2.75) is 25.8 Å². The number of ether oxygens (including phenoxy) is 1. The Morgan fingerprint density at radius 2 is 2.36 bits per heavy atom. The number of piperidine rings is 1. The second-order valence-corrected chi connectivity index (χ2v) is 4.06. The molecular weight excluding hydrogens is 180 g/mol. The maximum Gasteiger partial charge on any atom is 0.306 e.